The van der Waals surface area contributed by atoms with E-state index in [-0.39, 0.29) is 25.5 Å². The molecule has 5 atom stereocenters. The lowest BCUT2D eigenvalue weighted by Crippen LogP contribution is -2.58. The van der Waals surface area contributed by atoms with Crippen molar-refractivity contribution in [2.45, 2.75) is 119 Å². The summed E-state index contributed by atoms with van der Waals surface area (Å²) < 4.78 is 33.4. The van der Waals surface area contributed by atoms with E-state index in [0.717, 1.165) is 55.2 Å². The smallest absolute Gasteiger partial charge is 0.408 e. The number of benzene rings is 2. The lowest BCUT2D eigenvalue weighted by atomic mass is 10.0. The molecule has 13 nitrogen and oxygen atoms in total. The van der Waals surface area contributed by atoms with Gasteiger partial charge in [-0.3, -0.25) is 19.1 Å². The molecule has 0 bridgehead atoms. The van der Waals surface area contributed by atoms with Gasteiger partial charge < -0.3 is 25.1 Å². The van der Waals surface area contributed by atoms with Crippen molar-refractivity contribution < 1.29 is 37.2 Å². The van der Waals surface area contributed by atoms with Crippen LogP contribution in [0.15, 0.2) is 71.9 Å². The number of nitrogens with one attached hydrogen (secondary N) is 3. The quantitative estimate of drug-likeness (QED) is 0.187. The number of fused-ring (bicyclic) bond motifs is 2. The van der Waals surface area contributed by atoms with Gasteiger partial charge >= 0.3 is 6.09 Å². The molecule has 3 aliphatic carbocycles. The molecule has 14 heteroatoms. The van der Waals surface area contributed by atoms with E-state index in [1.54, 1.807) is 6.21 Å². The minimum absolute atomic E-state index is 0.00957. The highest BCUT2D eigenvalue weighted by Crippen LogP contribution is 2.46. The Morgan fingerprint density at radius 2 is 1.61 bits per heavy atom. The molecule has 2 aliphatic heterocycles. The molecule has 54 heavy (non-hydrogen) atoms. The normalized spacial score (nSPS) is 28.6. The number of carbonyl (C=O) groups is 4. The zero-order chi connectivity index (χ0) is 37.7. The van der Waals surface area contributed by atoms with Crippen molar-refractivity contribution in [1.82, 2.24) is 20.3 Å². The molecule has 3 N–H and O–H groups in total. The molecular formula is C40H49N5O8S. The van der Waals surface area contributed by atoms with Crippen LogP contribution in [0.25, 0.3) is 11.1 Å². The second kappa shape index (κ2) is 16.3. The third-order valence-electron chi connectivity index (χ3n) is 11.1. The standard InChI is InChI=1S/C40H49N5O8S/c46-36-35-23-32(53-41-25-27-17-19-29(20-18-27)28-11-5-4-6-12-28)26-45(35)37(47)34(42-39(49)52-31-14-9-10-15-31)16-8-3-1-2-7-13-30-24-40(30,43-36)38(48)44-54(50,51)33-21-22-33/h4-7,11-13,17-20,25,30-35H,1-3,8-10,14-16,21-24,26H2,(H,42,49)(H,43,46)(H,44,48)/b13-7-,41-25+/t30?,32-,34+,35+,40-/m1/s1. The maximum Gasteiger partial charge on any atom is 0.408 e. The highest BCUT2D eigenvalue weighted by Gasteiger charge is 2.62. The number of rotatable bonds is 9. The number of hydrogen-bond donors (Lipinski definition) is 3. The Morgan fingerprint density at radius 3 is 2.35 bits per heavy atom. The van der Waals surface area contributed by atoms with Crippen LogP contribution >= 0.6 is 0 Å². The predicted molar refractivity (Wildman–Crippen MR) is 201 cm³/mol. The SMILES string of the molecule is O=C(N[C@H]1CCCCC/C=C\C2C[C@@]2(C(=O)NS(=O)(=O)C2CC2)NC(=O)[C@@H]2C[C@@H](O/N=C/c3ccc(-c4ccccc4)cc3)CN2C1=O)OC1CCCC1. The number of amides is 4. The van der Waals surface area contributed by atoms with E-state index in [0.29, 0.717) is 32.1 Å². The number of oxime groups is 1. The van der Waals surface area contributed by atoms with Gasteiger partial charge in [0.15, 0.2) is 0 Å². The van der Waals surface area contributed by atoms with Crippen molar-refractivity contribution >= 4 is 40.1 Å². The average molecular weight is 760 g/mol. The first-order chi connectivity index (χ1) is 26.1. The second-order valence-corrected chi connectivity index (χ2v) is 17.2. The van der Waals surface area contributed by atoms with Crippen LogP contribution in [0.4, 0.5) is 4.79 Å². The van der Waals surface area contributed by atoms with Crippen LogP contribution in [0.2, 0.25) is 0 Å². The van der Waals surface area contributed by atoms with Crippen molar-refractivity contribution in [2.24, 2.45) is 11.1 Å². The number of hydrogen-bond acceptors (Lipinski definition) is 9. The Bertz CT molecular complexity index is 1860. The van der Waals surface area contributed by atoms with Gasteiger partial charge in [-0.2, -0.15) is 0 Å². The van der Waals surface area contributed by atoms with Gasteiger partial charge in [0, 0.05) is 12.3 Å². The lowest BCUT2D eigenvalue weighted by Gasteiger charge is -2.30. The van der Waals surface area contributed by atoms with Crippen LogP contribution in [0.5, 0.6) is 0 Å². The largest absolute Gasteiger partial charge is 0.446 e. The van der Waals surface area contributed by atoms with Gasteiger partial charge in [-0.05, 0) is 80.9 Å². The molecule has 2 aromatic rings. The molecule has 288 valence electrons. The molecule has 0 spiro atoms. The second-order valence-electron chi connectivity index (χ2n) is 15.2. The number of sulfonamides is 1. The van der Waals surface area contributed by atoms with E-state index in [2.05, 4.69) is 20.5 Å². The van der Waals surface area contributed by atoms with Crippen LogP contribution in [-0.2, 0) is 34.0 Å². The first-order valence-corrected chi connectivity index (χ1v) is 20.8. The summed E-state index contributed by atoms with van der Waals surface area (Å²) >= 11 is 0. The third-order valence-corrected chi connectivity index (χ3v) is 13.0. The summed E-state index contributed by atoms with van der Waals surface area (Å²) in [7, 11) is -3.87. The van der Waals surface area contributed by atoms with Crippen molar-refractivity contribution in [3.8, 4) is 11.1 Å². The summed E-state index contributed by atoms with van der Waals surface area (Å²) in [5.41, 5.74) is 1.46. The summed E-state index contributed by atoms with van der Waals surface area (Å²) in [6, 6.07) is 15.8. The Labute approximate surface area is 316 Å². The van der Waals surface area contributed by atoms with Crippen LogP contribution < -0.4 is 15.4 Å². The zero-order valence-electron chi connectivity index (χ0n) is 30.4. The summed E-state index contributed by atoms with van der Waals surface area (Å²) in [6.07, 6.45) is 12.0. The number of nitrogens with zero attached hydrogens (tertiary/aromatic N) is 2. The molecule has 4 amide bonds. The fraction of sp³-hybridized carbons (Fsp3) is 0.525. The first-order valence-electron chi connectivity index (χ1n) is 19.3. The zero-order valence-corrected chi connectivity index (χ0v) is 31.2. The fourth-order valence-electron chi connectivity index (χ4n) is 7.74. The van der Waals surface area contributed by atoms with Gasteiger partial charge in [0.2, 0.25) is 21.8 Å². The van der Waals surface area contributed by atoms with E-state index in [4.69, 9.17) is 9.57 Å². The van der Waals surface area contributed by atoms with Crippen LogP contribution in [-0.4, -0.2) is 85.0 Å². The van der Waals surface area contributed by atoms with Crippen molar-refractivity contribution in [1.29, 1.82) is 0 Å². The molecule has 1 saturated heterocycles. The molecule has 7 rings (SSSR count). The van der Waals surface area contributed by atoms with Crippen molar-refractivity contribution in [3.63, 3.8) is 0 Å². The minimum Gasteiger partial charge on any atom is -0.446 e. The van der Waals surface area contributed by atoms with E-state index in [1.165, 1.54) is 4.90 Å². The third kappa shape index (κ3) is 8.97. The molecular weight excluding hydrogens is 711 g/mol. The van der Waals surface area contributed by atoms with Gasteiger partial charge in [0.1, 0.15) is 29.8 Å². The Morgan fingerprint density at radius 1 is 0.889 bits per heavy atom. The first kappa shape index (κ1) is 37.6. The van der Waals surface area contributed by atoms with E-state index < -0.39 is 68.7 Å². The molecule has 0 aromatic heterocycles. The Hall–Kier alpha value is -4.72. The van der Waals surface area contributed by atoms with Gasteiger partial charge in [-0.15, -0.1) is 0 Å². The maximum absolute atomic E-state index is 14.4. The van der Waals surface area contributed by atoms with Gasteiger partial charge in [-0.25, -0.2) is 13.2 Å². The molecule has 0 radical (unpaired) electrons. The summed E-state index contributed by atoms with van der Waals surface area (Å²) in [6.45, 7) is 0.00957. The van der Waals surface area contributed by atoms with E-state index in [1.807, 2.05) is 66.7 Å². The molecule has 3 saturated carbocycles. The monoisotopic (exact) mass is 759 g/mol. The minimum atomic E-state index is -3.87. The molecule has 5 aliphatic rings. The highest BCUT2D eigenvalue weighted by atomic mass is 32.2. The van der Waals surface area contributed by atoms with Gasteiger partial charge in [-0.1, -0.05) is 84.7 Å². The van der Waals surface area contributed by atoms with Gasteiger partial charge in [0.05, 0.1) is 18.0 Å². The topological polar surface area (TPSA) is 173 Å². The van der Waals surface area contributed by atoms with Gasteiger partial charge in [0.25, 0.3) is 5.91 Å². The molecule has 1 unspecified atom stereocenters. The van der Waals surface area contributed by atoms with Crippen molar-refractivity contribution in [3.05, 3.63) is 72.3 Å². The maximum atomic E-state index is 14.4. The van der Waals surface area contributed by atoms with E-state index >= 15 is 0 Å². The number of carbonyl (C=O) groups excluding carboxylic acids is 4. The predicted octanol–water partition coefficient (Wildman–Crippen LogP) is 4.71. The Kier molecular flexibility index (Phi) is 11.4. The number of alkyl carbamates (subject to hydrolysis) is 1. The van der Waals surface area contributed by atoms with E-state index in [9.17, 15) is 27.6 Å². The summed E-state index contributed by atoms with van der Waals surface area (Å²) in [5, 5.41) is 9.26. The fourth-order valence-corrected chi connectivity index (χ4v) is 9.11. The van der Waals surface area contributed by atoms with Crippen LogP contribution in [0.3, 0.4) is 0 Å². The number of ether oxygens (including phenoxy) is 1. The van der Waals surface area contributed by atoms with Crippen LogP contribution in [0, 0.1) is 5.92 Å². The Balaban J connectivity index is 1.10. The molecule has 2 heterocycles. The van der Waals surface area contributed by atoms with Crippen LogP contribution in [0.1, 0.15) is 89.0 Å². The highest BCUT2D eigenvalue weighted by molar-refractivity contribution is 7.91. The average Bonchev–Trinajstić information content (AvgIpc) is 4.04. The lowest BCUT2D eigenvalue weighted by molar-refractivity contribution is -0.141. The number of allylic oxidation sites excluding steroid dienone is 1. The molecule has 2 aromatic carbocycles. The summed E-state index contributed by atoms with van der Waals surface area (Å²) in [4.78, 5) is 62.5. The molecule has 4 fully saturated rings. The van der Waals surface area contributed by atoms with Crippen molar-refractivity contribution in [2.75, 3.05) is 6.54 Å². The summed E-state index contributed by atoms with van der Waals surface area (Å²) in [5.74, 6) is -2.24.